The number of ether oxygens (including phenoxy) is 1. The first-order valence-corrected chi connectivity index (χ1v) is 5.16. The summed E-state index contributed by atoms with van der Waals surface area (Å²) in [5.74, 6) is 0.00227. The van der Waals surface area contributed by atoms with E-state index in [1.165, 1.54) is 0 Å². The van der Waals surface area contributed by atoms with Crippen molar-refractivity contribution < 1.29 is 11.0 Å². The van der Waals surface area contributed by atoms with E-state index in [0.717, 1.165) is 0 Å². The van der Waals surface area contributed by atoms with Gasteiger partial charge in [-0.15, -0.1) is 0 Å². The van der Waals surface area contributed by atoms with Crippen LogP contribution in [0.15, 0.2) is 0 Å². The molecule has 0 saturated carbocycles. The maximum Gasteiger partial charge on any atom is 0.250 e. The number of nitrogens with zero attached hydrogens (tertiary/aromatic N) is 1. The number of likely N-dealkylation sites (N-methyl/N-ethyl adjacent to an activating group) is 1. The SMILES string of the molecule is CC.CC1COC(CN(C)C)C(=O)N1.[HH]. The van der Waals surface area contributed by atoms with E-state index in [9.17, 15) is 4.79 Å². The van der Waals surface area contributed by atoms with E-state index in [0.29, 0.717) is 13.2 Å². The Balaban J connectivity index is 0. The molecule has 2 atom stereocenters. The molecular formula is C10H24N2O2. The Kier molecular flexibility index (Phi) is 6.49. The standard InChI is InChI=1S/C8H16N2O2.C2H6.H2/c1-6-5-12-7(4-10(2)3)8(11)9-6;1-2;/h6-7H,4-5H2,1-3H3,(H,9,11);1-2H3;1H. The largest absolute Gasteiger partial charge is 0.365 e. The number of rotatable bonds is 2. The van der Waals surface area contributed by atoms with Crippen molar-refractivity contribution >= 4 is 5.91 Å². The average molecular weight is 204 g/mol. The molecule has 1 amide bonds. The molecule has 0 aliphatic carbocycles. The Hall–Kier alpha value is -0.610. The summed E-state index contributed by atoms with van der Waals surface area (Å²) in [6, 6.07) is 0.149. The summed E-state index contributed by atoms with van der Waals surface area (Å²) in [6.07, 6.45) is -0.295. The third-order valence-electron chi connectivity index (χ3n) is 1.76. The molecule has 1 aliphatic rings. The summed E-state index contributed by atoms with van der Waals surface area (Å²) in [5.41, 5.74) is 0. The van der Waals surface area contributed by atoms with Gasteiger partial charge in [0.2, 0.25) is 0 Å². The van der Waals surface area contributed by atoms with Crippen LogP contribution in [0.25, 0.3) is 0 Å². The third kappa shape index (κ3) is 4.58. The summed E-state index contributed by atoms with van der Waals surface area (Å²) in [4.78, 5) is 13.2. The van der Waals surface area contributed by atoms with Crippen molar-refractivity contribution in [2.24, 2.45) is 0 Å². The first kappa shape index (κ1) is 13.4. The van der Waals surface area contributed by atoms with E-state index >= 15 is 0 Å². The Labute approximate surface area is 88.1 Å². The second-order valence-corrected chi connectivity index (χ2v) is 3.49. The van der Waals surface area contributed by atoms with Crippen molar-refractivity contribution in [2.45, 2.75) is 32.9 Å². The quantitative estimate of drug-likeness (QED) is 0.721. The molecule has 0 aromatic rings. The minimum atomic E-state index is -0.295. The van der Waals surface area contributed by atoms with Gasteiger partial charge < -0.3 is 15.0 Å². The molecule has 1 rings (SSSR count). The zero-order chi connectivity index (χ0) is 11.1. The van der Waals surface area contributed by atoms with Gasteiger partial charge >= 0.3 is 0 Å². The van der Waals surface area contributed by atoms with Gasteiger partial charge in [-0.05, 0) is 21.0 Å². The van der Waals surface area contributed by atoms with Crippen LogP contribution in [0.2, 0.25) is 0 Å². The summed E-state index contributed by atoms with van der Waals surface area (Å²) in [5, 5.41) is 2.84. The lowest BCUT2D eigenvalue weighted by Gasteiger charge is -2.28. The van der Waals surface area contributed by atoms with E-state index in [2.05, 4.69) is 5.32 Å². The summed E-state index contributed by atoms with van der Waals surface area (Å²) in [7, 11) is 3.85. The number of carbonyl (C=O) groups is 1. The second-order valence-electron chi connectivity index (χ2n) is 3.49. The highest BCUT2D eigenvalue weighted by Gasteiger charge is 2.26. The molecular weight excluding hydrogens is 180 g/mol. The van der Waals surface area contributed by atoms with Crippen LogP contribution in [-0.2, 0) is 9.53 Å². The molecule has 1 aliphatic heterocycles. The van der Waals surface area contributed by atoms with Gasteiger partial charge in [-0.1, -0.05) is 13.8 Å². The van der Waals surface area contributed by atoms with Crippen LogP contribution in [0.3, 0.4) is 0 Å². The lowest BCUT2D eigenvalue weighted by atomic mass is 10.2. The fourth-order valence-electron chi connectivity index (χ4n) is 1.18. The van der Waals surface area contributed by atoms with Crippen LogP contribution in [0.1, 0.15) is 22.2 Å². The van der Waals surface area contributed by atoms with Crippen molar-refractivity contribution in [3.8, 4) is 0 Å². The lowest BCUT2D eigenvalue weighted by Crippen LogP contribution is -2.52. The number of hydrogen-bond acceptors (Lipinski definition) is 3. The Bertz CT molecular complexity index is 177. The first-order chi connectivity index (χ1) is 6.59. The molecule has 1 saturated heterocycles. The van der Waals surface area contributed by atoms with Crippen LogP contribution in [-0.4, -0.2) is 50.2 Å². The molecule has 0 radical (unpaired) electrons. The van der Waals surface area contributed by atoms with E-state index in [-0.39, 0.29) is 19.5 Å². The Morgan fingerprint density at radius 1 is 1.57 bits per heavy atom. The van der Waals surface area contributed by atoms with Crippen LogP contribution in [0, 0.1) is 0 Å². The monoisotopic (exact) mass is 204 g/mol. The number of morpholine rings is 1. The molecule has 0 aromatic heterocycles. The molecule has 2 unspecified atom stereocenters. The van der Waals surface area contributed by atoms with Crippen LogP contribution < -0.4 is 5.32 Å². The first-order valence-electron chi connectivity index (χ1n) is 5.16. The predicted octanol–water partition coefficient (Wildman–Crippen LogP) is 0.724. The molecule has 4 nitrogen and oxygen atoms in total. The molecule has 0 aromatic carbocycles. The molecule has 1 N–H and O–H groups in total. The fraction of sp³-hybridized carbons (Fsp3) is 0.900. The summed E-state index contributed by atoms with van der Waals surface area (Å²) >= 11 is 0. The highest BCUT2D eigenvalue weighted by Crippen LogP contribution is 2.02. The molecule has 14 heavy (non-hydrogen) atoms. The maximum atomic E-state index is 11.3. The van der Waals surface area contributed by atoms with Crippen molar-refractivity contribution in [1.29, 1.82) is 0 Å². The van der Waals surface area contributed by atoms with Gasteiger partial charge in [0.15, 0.2) is 0 Å². The van der Waals surface area contributed by atoms with Crippen molar-refractivity contribution in [2.75, 3.05) is 27.2 Å². The van der Waals surface area contributed by atoms with Crippen LogP contribution in [0.5, 0.6) is 0 Å². The normalized spacial score (nSPS) is 26.6. The Morgan fingerprint density at radius 3 is 2.57 bits per heavy atom. The van der Waals surface area contributed by atoms with Crippen LogP contribution in [0.4, 0.5) is 0 Å². The number of nitrogens with one attached hydrogen (secondary N) is 1. The van der Waals surface area contributed by atoms with Crippen molar-refractivity contribution in [3.05, 3.63) is 0 Å². The van der Waals surface area contributed by atoms with Crippen LogP contribution >= 0.6 is 0 Å². The van der Waals surface area contributed by atoms with E-state index in [1.807, 2.05) is 39.8 Å². The highest BCUT2D eigenvalue weighted by molar-refractivity contribution is 5.81. The number of carbonyl (C=O) groups excluding carboxylic acids is 1. The fourth-order valence-corrected chi connectivity index (χ4v) is 1.18. The van der Waals surface area contributed by atoms with Gasteiger partial charge in [0.05, 0.1) is 6.61 Å². The summed E-state index contributed by atoms with van der Waals surface area (Å²) < 4.78 is 5.36. The van der Waals surface area contributed by atoms with Gasteiger partial charge in [0.1, 0.15) is 6.10 Å². The van der Waals surface area contributed by atoms with E-state index < -0.39 is 0 Å². The lowest BCUT2D eigenvalue weighted by molar-refractivity contribution is -0.141. The minimum Gasteiger partial charge on any atom is -0.365 e. The highest BCUT2D eigenvalue weighted by atomic mass is 16.5. The van der Waals surface area contributed by atoms with Crippen molar-refractivity contribution in [3.63, 3.8) is 0 Å². The molecule has 4 heteroatoms. The summed E-state index contributed by atoms with van der Waals surface area (Å²) in [6.45, 7) is 7.20. The maximum absolute atomic E-state index is 11.3. The molecule has 0 spiro atoms. The molecule has 0 bridgehead atoms. The predicted molar refractivity (Wildman–Crippen MR) is 59.4 cm³/mol. The third-order valence-corrected chi connectivity index (χ3v) is 1.76. The topological polar surface area (TPSA) is 41.6 Å². The van der Waals surface area contributed by atoms with E-state index in [4.69, 9.17) is 4.74 Å². The molecule has 1 heterocycles. The van der Waals surface area contributed by atoms with Gasteiger partial charge in [-0.2, -0.15) is 0 Å². The number of hydrogen-bond donors (Lipinski definition) is 1. The zero-order valence-corrected chi connectivity index (χ0v) is 9.83. The van der Waals surface area contributed by atoms with E-state index in [1.54, 1.807) is 0 Å². The van der Waals surface area contributed by atoms with Gasteiger partial charge in [-0.25, -0.2) is 0 Å². The second kappa shape index (κ2) is 6.79. The zero-order valence-electron chi connectivity index (χ0n) is 9.83. The smallest absolute Gasteiger partial charge is 0.250 e. The Morgan fingerprint density at radius 2 is 2.14 bits per heavy atom. The molecule has 1 fully saturated rings. The van der Waals surface area contributed by atoms with Gasteiger partial charge in [0, 0.05) is 14.0 Å². The number of amides is 1. The van der Waals surface area contributed by atoms with Gasteiger partial charge in [0.25, 0.3) is 5.91 Å². The van der Waals surface area contributed by atoms with Gasteiger partial charge in [-0.3, -0.25) is 4.79 Å². The average Bonchev–Trinajstić information content (AvgIpc) is 2.13. The molecule has 86 valence electrons. The minimum absolute atomic E-state index is 0. The van der Waals surface area contributed by atoms with Crippen molar-refractivity contribution in [1.82, 2.24) is 10.2 Å².